The number of carbonyl (C=O) groups excluding carboxylic acids is 1. The average Bonchev–Trinajstić information content (AvgIpc) is 2.16. The van der Waals surface area contributed by atoms with Crippen molar-refractivity contribution in [3.8, 4) is 0 Å². The van der Waals surface area contributed by atoms with Gasteiger partial charge in [0, 0.05) is 19.8 Å². The zero-order chi connectivity index (χ0) is 10.8. The molecule has 0 heterocycles. The molecule has 0 aromatic rings. The van der Waals surface area contributed by atoms with Crippen molar-refractivity contribution in [2.24, 2.45) is 0 Å². The first-order valence-corrected chi connectivity index (χ1v) is 5.92. The summed E-state index contributed by atoms with van der Waals surface area (Å²) in [6.07, 6.45) is 2.04. The molecule has 0 radical (unpaired) electrons. The van der Waals surface area contributed by atoms with Gasteiger partial charge in [-0.15, -0.1) is 0 Å². The van der Waals surface area contributed by atoms with E-state index in [2.05, 4.69) is 0 Å². The maximum atomic E-state index is 11.0. The minimum absolute atomic E-state index is 0.0193. The van der Waals surface area contributed by atoms with Crippen LogP contribution in [0.15, 0.2) is 0 Å². The standard InChI is InChI=1S/C9H19NO3S/c1-10(2)9(11)8-13-5-4-12-6-7-14-3/h4-8H2,1-3H3. The number of ether oxygens (including phenoxy) is 2. The molecule has 0 bridgehead atoms. The molecule has 0 N–H and O–H groups in total. The summed E-state index contributed by atoms with van der Waals surface area (Å²) in [6, 6.07) is 0. The van der Waals surface area contributed by atoms with Crippen molar-refractivity contribution < 1.29 is 14.3 Å². The Kier molecular flexibility index (Phi) is 9.13. The zero-order valence-electron chi connectivity index (χ0n) is 9.12. The third-order valence-corrected chi connectivity index (χ3v) is 2.10. The van der Waals surface area contributed by atoms with Crippen molar-refractivity contribution in [2.45, 2.75) is 0 Å². The second-order valence-corrected chi connectivity index (χ2v) is 3.93. The van der Waals surface area contributed by atoms with Crippen molar-refractivity contribution in [1.82, 2.24) is 4.90 Å². The number of amides is 1. The maximum Gasteiger partial charge on any atom is 0.248 e. The number of thioether (sulfide) groups is 1. The molecular formula is C9H19NO3S. The fourth-order valence-corrected chi connectivity index (χ4v) is 0.935. The van der Waals surface area contributed by atoms with Gasteiger partial charge in [0.1, 0.15) is 6.61 Å². The van der Waals surface area contributed by atoms with E-state index in [1.165, 1.54) is 4.90 Å². The maximum absolute atomic E-state index is 11.0. The highest BCUT2D eigenvalue weighted by molar-refractivity contribution is 7.98. The van der Waals surface area contributed by atoms with E-state index < -0.39 is 0 Å². The fourth-order valence-electron chi connectivity index (χ4n) is 0.651. The van der Waals surface area contributed by atoms with Crippen molar-refractivity contribution in [2.75, 3.05) is 52.5 Å². The Labute approximate surface area is 89.9 Å². The topological polar surface area (TPSA) is 38.8 Å². The Morgan fingerprint density at radius 3 is 2.43 bits per heavy atom. The molecule has 5 heteroatoms. The average molecular weight is 221 g/mol. The lowest BCUT2D eigenvalue weighted by molar-refractivity contribution is -0.134. The summed E-state index contributed by atoms with van der Waals surface area (Å²) >= 11 is 1.75. The van der Waals surface area contributed by atoms with Gasteiger partial charge in [-0.2, -0.15) is 11.8 Å². The van der Waals surface area contributed by atoms with E-state index >= 15 is 0 Å². The van der Waals surface area contributed by atoms with Gasteiger partial charge in [-0.3, -0.25) is 4.79 Å². The molecule has 84 valence electrons. The smallest absolute Gasteiger partial charge is 0.248 e. The van der Waals surface area contributed by atoms with Crippen LogP contribution in [-0.2, 0) is 14.3 Å². The van der Waals surface area contributed by atoms with Gasteiger partial charge in [-0.1, -0.05) is 0 Å². The van der Waals surface area contributed by atoms with E-state index in [1.807, 2.05) is 6.26 Å². The van der Waals surface area contributed by atoms with E-state index in [4.69, 9.17) is 9.47 Å². The van der Waals surface area contributed by atoms with Crippen LogP contribution in [0.25, 0.3) is 0 Å². The fraction of sp³-hybridized carbons (Fsp3) is 0.889. The molecule has 0 rings (SSSR count). The third kappa shape index (κ3) is 8.34. The van der Waals surface area contributed by atoms with Gasteiger partial charge in [0.2, 0.25) is 5.91 Å². The van der Waals surface area contributed by atoms with Gasteiger partial charge in [-0.25, -0.2) is 0 Å². The first kappa shape index (κ1) is 13.7. The van der Waals surface area contributed by atoms with Crippen LogP contribution in [0, 0.1) is 0 Å². The van der Waals surface area contributed by atoms with Gasteiger partial charge in [0.25, 0.3) is 0 Å². The van der Waals surface area contributed by atoms with Gasteiger partial charge < -0.3 is 14.4 Å². The highest BCUT2D eigenvalue weighted by Crippen LogP contribution is 1.90. The Hall–Kier alpha value is -0.260. The molecule has 0 spiro atoms. The van der Waals surface area contributed by atoms with Crippen LogP contribution in [0.2, 0.25) is 0 Å². The first-order valence-electron chi connectivity index (χ1n) is 4.53. The highest BCUT2D eigenvalue weighted by atomic mass is 32.2. The zero-order valence-corrected chi connectivity index (χ0v) is 9.93. The molecule has 4 nitrogen and oxygen atoms in total. The summed E-state index contributed by atoms with van der Waals surface area (Å²) in [6.45, 7) is 1.92. The summed E-state index contributed by atoms with van der Waals surface area (Å²) in [4.78, 5) is 12.5. The van der Waals surface area contributed by atoms with Gasteiger partial charge in [0.15, 0.2) is 0 Å². The van der Waals surface area contributed by atoms with Crippen molar-refractivity contribution >= 4 is 17.7 Å². The van der Waals surface area contributed by atoms with Crippen molar-refractivity contribution in [3.05, 3.63) is 0 Å². The van der Waals surface area contributed by atoms with Crippen molar-refractivity contribution in [1.29, 1.82) is 0 Å². The lowest BCUT2D eigenvalue weighted by Crippen LogP contribution is -2.26. The summed E-state index contributed by atoms with van der Waals surface area (Å²) in [5.41, 5.74) is 0. The molecular weight excluding hydrogens is 202 g/mol. The number of carbonyl (C=O) groups is 1. The summed E-state index contributed by atoms with van der Waals surface area (Å²) < 4.78 is 10.4. The Morgan fingerprint density at radius 2 is 1.86 bits per heavy atom. The number of likely N-dealkylation sites (N-methyl/N-ethyl adjacent to an activating group) is 1. The largest absolute Gasteiger partial charge is 0.378 e. The predicted octanol–water partition coefficient (Wildman–Crippen LogP) is 0.471. The molecule has 14 heavy (non-hydrogen) atoms. The molecule has 0 unspecified atom stereocenters. The molecule has 0 saturated carbocycles. The van der Waals surface area contributed by atoms with E-state index in [1.54, 1.807) is 25.9 Å². The van der Waals surface area contributed by atoms with E-state index in [-0.39, 0.29) is 12.5 Å². The Balaban J connectivity index is 3.10. The van der Waals surface area contributed by atoms with Crippen LogP contribution in [0.4, 0.5) is 0 Å². The van der Waals surface area contributed by atoms with E-state index in [0.717, 1.165) is 12.4 Å². The summed E-state index contributed by atoms with van der Waals surface area (Å²) in [5, 5.41) is 0. The molecule has 0 atom stereocenters. The number of hydrogen-bond donors (Lipinski definition) is 0. The molecule has 0 aliphatic carbocycles. The Bertz CT molecular complexity index is 153. The van der Waals surface area contributed by atoms with Gasteiger partial charge >= 0.3 is 0 Å². The molecule has 0 aromatic heterocycles. The van der Waals surface area contributed by atoms with Crippen LogP contribution in [0.1, 0.15) is 0 Å². The lowest BCUT2D eigenvalue weighted by atomic mass is 10.6. The quantitative estimate of drug-likeness (QED) is 0.559. The number of hydrogen-bond acceptors (Lipinski definition) is 4. The summed E-state index contributed by atoms with van der Waals surface area (Å²) in [5.74, 6) is 0.977. The minimum atomic E-state index is -0.0193. The molecule has 0 saturated heterocycles. The van der Waals surface area contributed by atoms with Crippen LogP contribution < -0.4 is 0 Å². The molecule has 0 aliphatic heterocycles. The third-order valence-electron chi connectivity index (χ3n) is 1.53. The molecule has 1 amide bonds. The molecule has 0 aliphatic rings. The second kappa shape index (κ2) is 9.30. The number of nitrogens with zero attached hydrogens (tertiary/aromatic N) is 1. The highest BCUT2D eigenvalue weighted by Gasteiger charge is 2.02. The SMILES string of the molecule is CSCCOCCOCC(=O)N(C)C. The Morgan fingerprint density at radius 1 is 1.21 bits per heavy atom. The van der Waals surface area contributed by atoms with Gasteiger partial charge in [-0.05, 0) is 6.26 Å². The van der Waals surface area contributed by atoms with E-state index in [9.17, 15) is 4.79 Å². The van der Waals surface area contributed by atoms with Gasteiger partial charge in [0.05, 0.1) is 19.8 Å². The second-order valence-electron chi connectivity index (χ2n) is 2.95. The molecule has 0 aromatic carbocycles. The molecule has 0 fully saturated rings. The predicted molar refractivity (Wildman–Crippen MR) is 58.7 cm³/mol. The number of rotatable bonds is 8. The van der Waals surface area contributed by atoms with E-state index in [0.29, 0.717) is 13.2 Å². The summed E-state index contributed by atoms with van der Waals surface area (Å²) in [7, 11) is 3.42. The van der Waals surface area contributed by atoms with Crippen LogP contribution in [0.5, 0.6) is 0 Å². The van der Waals surface area contributed by atoms with Crippen molar-refractivity contribution in [3.63, 3.8) is 0 Å². The first-order chi connectivity index (χ1) is 6.68. The normalized spacial score (nSPS) is 10.2. The minimum Gasteiger partial charge on any atom is -0.378 e. The van der Waals surface area contributed by atoms with Crippen LogP contribution in [-0.4, -0.2) is 63.3 Å². The van der Waals surface area contributed by atoms with Crippen LogP contribution >= 0.6 is 11.8 Å². The lowest BCUT2D eigenvalue weighted by Gasteiger charge is -2.10. The van der Waals surface area contributed by atoms with Crippen LogP contribution in [0.3, 0.4) is 0 Å². The monoisotopic (exact) mass is 221 g/mol.